The predicted molar refractivity (Wildman–Crippen MR) is 96.0 cm³/mol. The maximum absolute atomic E-state index is 12.2. The second-order valence-electron chi connectivity index (χ2n) is 6.00. The molecule has 0 fully saturated rings. The number of hydrogen-bond acceptors (Lipinski definition) is 6. The molecule has 140 valence electrons. The molecule has 0 spiro atoms. The monoisotopic (exact) mass is 369 g/mol. The SMILES string of the molecule is CC(=O)NCCc1ccc(C(=O)OCC(=O)c2ccc3c(c2)OCO3)cc1. The van der Waals surface area contributed by atoms with Crippen LogP contribution < -0.4 is 14.8 Å². The molecular weight excluding hydrogens is 350 g/mol. The van der Waals surface area contributed by atoms with Gasteiger partial charge in [-0.25, -0.2) is 4.79 Å². The Kier molecular flexibility index (Phi) is 5.71. The Bertz CT molecular complexity index is 859. The van der Waals surface area contributed by atoms with E-state index in [1.807, 2.05) is 0 Å². The van der Waals surface area contributed by atoms with Crippen molar-refractivity contribution in [3.8, 4) is 11.5 Å². The van der Waals surface area contributed by atoms with E-state index >= 15 is 0 Å². The van der Waals surface area contributed by atoms with Gasteiger partial charge in [-0.05, 0) is 42.3 Å². The first-order valence-electron chi connectivity index (χ1n) is 8.46. The van der Waals surface area contributed by atoms with E-state index in [0.717, 1.165) is 5.56 Å². The molecule has 27 heavy (non-hydrogen) atoms. The smallest absolute Gasteiger partial charge is 0.338 e. The van der Waals surface area contributed by atoms with Gasteiger partial charge in [0.15, 0.2) is 23.9 Å². The van der Waals surface area contributed by atoms with Crippen LogP contribution in [-0.2, 0) is 16.0 Å². The van der Waals surface area contributed by atoms with E-state index in [4.69, 9.17) is 14.2 Å². The lowest BCUT2D eigenvalue weighted by Crippen LogP contribution is -2.22. The number of rotatable bonds is 7. The fourth-order valence-corrected chi connectivity index (χ4v) is 2.56. The minimum atomic E-state index is -0.572. The second-order valence-corrected chi connectivity index (χ2v) is 6.00. The van der Waals surface area contributed by atoms with Gasteiger partial charge in [-0.3, -0.25) is 9.59 Å². The molecule has 0 aliphatic carbocycles. The summed E-state index contributed by atoms with van der Waals surface area (Å²) in [7, 11) is 0. The standard InChI is InChI=1S/C20H19NO6/c1-13(22)21-9-8-14-2-4-15(5-3-14)20(24)25-11-17(23)16-6-7-18-19(10-16)27-12-26-18/h2-7,10H,8-9,11-12H2,1H3,(H,21,22). The number of benzene rings is 2. The second kappa shape index (κ2) is 8.35. The average Bonchev–Trinajstić information content (AvgIpc) is 3.14. The Labute approximate surface area is 156 Å². The highest BCUT2D eigenvalue weighted by atomic mass is 16.7. The molecule has 2 aromatic carbocycles. The van der Waals surface area contributed by atoms with E-state index in [-0.39, 0.29) is 25.1 Å². The van der Waals surface area contributed by atoms with Crippen LogP contribution in [0, 0.1) is 0 Å². The molecule has 1 amide bonds. The third kappa shape index (κ3) is 4.84. The van der Waals surface area contributed by atoms with Crippen LogP contribution in [0.3, 0.4) is 0 Å². The predicted octanol–water partition coefficient (Wildman–Crippen LogP) is 2.13. The molecule has 0 bridgehead atoms. The van der Waals surface area contributed by atoms with Crippen molar-refractivity contribution in [3.63, 3.8) is 0 Å². The van der Waals surface area contributed by atoms with Crippen LogP contribution in [0.2, 0.25) is 0 Å². The maximum Gasteiger partial charge on any atom is 0.338 e. The minimum Gasteiger partial charge on any atom is -0.454 e. The topological polar surface area (TPSA) is 90.9 Å². The van der Waals surface area contributed by atoms with Crippen LogP contribution in [0.4, 0.5) is 0 Å². The highest BCUT2D eigenvalue weighted by molar-refractivity contribution is 5.99. The molecule has 1 N–H and O–H groups in total. The van der Waals surface area contributed by atoms with Gasteiger partial charge in [-0.2, -0.15) is 0 Å². The fourth-order valence-electron chi connectivity index (χ4n) is 2.56. The zero-order valence-electron chi connectivity index (χ0n) is 14.8. The molecule has 0 unspecified atom stereocenters. The highest BCUT2D eigenvalue weighted by Crippen LogP contribution is 2.32. The lowest BCUT2D eigenvalue weighted by atomic mass is 10.1. The van der Waals surface area contributed by atoms with E-state index in [1.54, 1.807) is 42.5 Å². The summed E-state index contributed by atoms with van der Waals surface area (Å²) in [4.78, 5) is 35.2. The van der Waals surface area contributed by atoms with Gasteiger partial charge in [0.2, 0.25) is 12.7 Å². The van der Waals surface area contributed by atoms with Crippen molar-refractivity contribution in [2.45, 2.75) is 13.3 Å². The van der Waals surface area contributed by atoms with Crippen LogP contribution in [0.1, 0.15) is 33.2 Å². The minimum absolute atomic E-state index is 0.0812. The number of ketones is 1. The number of ether oxygens (including phenoxy) is 3. The Morgan fingerprint density at radius 2 is 1.70 bits per heavy atom. The van der Waals surface area contributed by atoms with Gasteiger partial charge in [0.1, 0.15) is 0 Å². The van der Waals surface area contributed by atoms with Gasteiger partial charge in [-0.1, -0.05) is 12.1 Å². The third-order valence-corrected chi connectivity index (χ3v) is 4.01. The number of esters is 1. The summed E-state index contributed by atoms with van der Waals surface area (Å²) in [5.41, 5.74) is 1.73. The molecule has 0 aromatic heterocycles. The van der Waals surface area contributed by atoms with Crippen molar-refractivity contribution in [3.05, 3.63) is 59.2 Å². The van der Waals surface area contributed by atoms with Crippen molar-refractivity contribution in [2.24, 2.45) is 0 Å². The average molecular weight is 369 g/mol. The Hall–Kier alpha value is -3.35. The zero-order chi connectivity index (χ0) is 19.2. The van der Waals surface area contributed by atoms with Crippen LogP contribution in [0.5, 0.6) is 11.5 Å². The molecule has 1 aliphatic rings. The van der Waals surface area contributed by atoms with E-state index < -0.39 is 5.97 Å². The normalized spacial score (nSPS) is 11.7. The number of fused-ring (bicyclic) bond motifs is 1. The molecule has 1 heterocycles. The first kappa shape index (κ1) is 18.4. The van der Waals surface area contributed by atoms with Gasteiger partial charge >= 0.3 is 5.97 Å². The van der Waals surface area contributed by atoms with E-state index in [2.05, 4.69) is 5.32 Å². The largest absolute Gasteiger partial charge is 0.454 e. The lowest BCUT2D eigenvalue weighted by Gasteiger charge is -2.07. The molecule has 0 saturated heterocycles. The number of carbonyl (C=O) groups is 3. The molecule has 3 rings (SSSR count). The first-order valence-corrected chi connectivity index (χ1v) is 8.46. The van der Waals surface area contributed by atoms with Crippen molar-refractivity contribution < 1.29 is 28.6 Å². The molecule has 0 atom stereocenters. The summed E-state index contributed by atoms with van der Waals surface area (Å²) in [6.07, 6.45) is 0.664. The Morgan fingerprint density at radius 1 is 1.00 bits per heavy atom. The summed E-state index contributed by atoms with van der Waals surface area (Å²) >= 11 is 0. The lowest BCUT2D eigenvalue weighted by molar-refractivity contribution is -0.118. The van der Waals surface area contributed by atoms with Crippen LogP contribution >= 0.6 is 0 Å². The van der Waals surface area contributed by atoms with Gasteiger partial charge in [0.25, 0.3) is 0 Å². The quantitative estimate of drug-likeness (QED) is 0.594. The summed E-state index contributed by atoms with van der Waals surface area (Å²) < 4.78 is 15.5. The number of Topliss-reactive ketones (excluding diaryl/α,β-unsaturated/α-hetero) is 1. The third-order valence-electron chi connectivity index (χ3n) is 4.01. The number of nitrogens with one attached hydrogen (secondary N) is 1. The maximum atomic E-state index is 12.2. The number of amides is 1. The molecule has 1 aliphatic heterocycles. The van der Waals surface area contributed by atoms with Crippen molar-refractivity contribution in [1.29, 1.82) is 0 Å². The van der Waals surface area contributed by atoms with Crippen LogP contribution in [-0.4, -0.2) is 37.6 Å². The molecule has 7 heteroatoms. The van der Waals surface area contributed by atoms with Crippen molar-refractivity contribution in [1.82, 2.24) is 5.32 Å². The van der Waals surface area contributed by atoms with Gasteiger partial charge < -0.3 is 19.5 Å². The number of hydrogen-bond donors (Lipinski definition) is 1. The fraction of sp³-hybridized carbons (Fsp3) is 0.250. The molecule has 0 saturated carbocycles. The van der Waals surface area contributed by atoms with Crippen molar-refractivity contribution >= 4 is 17.7 Å². The van der Waals surface area contributed by atoms with E-state index in [1.165, 1.54) is 6.92 Å². The van der Waals surface area contributed by atoms with E-state index in [9.17, 15) is 14.4 Å². The Morgan fingerprint density at radius 3 is 2.44 bits per heavy atom. The summed E-state index contributed by atoms with van der Waals surface area (Å²) in [6, 6.07) is 11.7. The number of carbonyl (C=O) groups excluding carboxylic acids is 3. The first-order chi connectivity index (χ1) is 13.0. The Balaban J connectivity index is 1.51. The molecule has 2 aromatic rings. The van der Waals surface area contributed by atoms with Gasteiger partial charge in [0, 0.05) is 19.0 Å². The van der Waals surface area contributed by atoms with Gasteiger partial charge in [-0.15, -0.1) is 0 Å². The highest BCUT2D eigenvalue weighted by Gasteiger charge is 2.17. The van der Waals surface area contributed by atoms with Crippen LogP contribution in [0.25, 0.3) is 0 Å². The van der Waals surface area contributed by atoms with Gasteiger partial charge in [0.05, 0.1) is 5.56 Å². The molecule has 7 nitrogen and oxygen atoms in total. The zero-order valence-corrected chi connectivity index (χ0v) is 14.8. The summed E-state index contributed by atoms with van der Waals surface area (Å²) in [6.45, 7) is 1.76. The molecular formula is C20H19NO6. The van der Waals surface area contributed by atoms with Crippen molar-refractivity contribution in [2.75, 3.05) is 19.9 Å². The summed E-state index contributed by atoms with van der Waals surface area (Å²) in [5, 5.41) is 2.71. The molecule has 0 radical (unpaired) electrons. The van der Waals surface area contributed by atoms with E-state index in [0.29, 0.717) is 35.6 Å². The van der Waals surface area contributed by atoms with Crippen LogP contribution in [0.15, 0.2) is 42.5 Å². The summed E-state index contributed by atoms with van der Waals surface area (Å²) in [5.74, 6) is 0.109.